The zero-order valence-electron chi connectivity index (χ0n) is 8.66. The first kappa shape index (κ1) is 10.5. The Labute approximate surface area is 102 Å². The van der Waals surface area contributed by atoms with Crippen molar-refractivity contribution in [3.8, 4) is 5.69 Å². The highest BCUT2D eigenvalue weighted by atomic mass is 127. The van der Waals surface area contributed by atoms with Crippen LogP contribution in [0, 0.1) is 17.4 Å². The van der Waals surface area contributed by atoms with Crippen molar-refractivity contribution in [2.24, 2.45) is 0 Å². The smallest absolute Gasteiger partial charge is 0.140 e. The second-order valence-corrected chi connectivity index (χ2v) is 4.61. The lowest BCUT2D eigenvalue weighted by Crippen LogP contribution is -2.02. The average Bonchev–Trinajstić information content (AvgIpc) is 2.46. The minimum absolute atomic E-state index is 0.707. The molecule has 15 heavy (non-hydrogen) atoms. The van der Waals surface area contributed by atoms with Crippen LogP contribution in [0.1, 0.15) is 11.3 Å². The lowest BCUT2D eigenvalue weighted by Gasteiger charge is -2.04. The van der Waals surface area contributed by atoms with Crippen molar-refractivity contribution in [1.29, 1.82) is 0 Å². The summed E-state index contributed by atoms with van der Waals surface area (Å²) in [5.74, 6) is 0.707. The van der Waals surface area contributed by atoms with Gasteiger partial charge in [-0.05, 0) is 54.1 Å². The van der Waals surface area contributed by atoms with Gasteiger partial charge in [-0.3, -0.25) is 0 Å². The van der Waals surface area contributed by atoms with E-state index < -0.39 is 0 Å². The van der Waals surface area contributed by atoms with Crippen LogP contribution in [-0.4, -0.2) is 9.78 Å². The number of nitrogens with two attached hydrogens (primary N) is 1. The van der Waals surface area contributed by atoms with E-state index >= 15 is 0 Å². The second kappa shape index (κ2) is 3.84. The molecule has 0 aliphatic carbocycles. The predicted octanol–water partition coefficient (Wildman–Crippen LogP) is 2.68. The van der Waals surface area contributed by atoms with Gasteiger partial charge in [0.1, 0.15) is 5.82 Å². The number of nitrogen functional groups attached to an aromatic ring is 1. The average molecular weight is 313 g/mol. The number of nitrogens with zero attached hydrogens (tertiary/aromatic N) is 2. The predicted molar refractivity (Wildman–Crippen MR) is 70.2 cm³/mol. The third kappa shape index (κ3) is 1.86. The number of hydrogen-bond acceptors (Lipinski definition) is 2. The molecule has 3 nitrogen and oxygen atoms in total. The third-order valence-electron chi connectivity index (χ3n) is 2.27. The van der Waals surface area contributed by atoms with Crippen LogP contribution in [0.3, 0.4) is 0 Å². The summed E-state index contributed by atoms with van der Waals surface area (Å²) in [5.41, 5.74) is 9.16. The molecule has 78 valence electrons. The number of aryl methyl sites for hydroxylation is 2. The summed E-state index contributed by atoms with van der Waals surface area (Å²) >= 11 is 2.22. The fourth-order valence-corrected chi connectivity index (χ4v) is 1.82. The highest BCUT2D eigenvalue weighted by molar-refractivity contribution is 14.1. The van der Waals surface area contributed by atoms with Gasteiger partial charge < -0.3 is 5.73 Å². The Morgan fingerprint density at radius 3 is 2.60 bits per heavy atom. The summed E-state index contributed by atoms with van der Waals surface area (Å²) in [7, 11) is 0. The van der Waals surface area contributed by atoms with E-state index in [-0.39, 0.29) is 0 Å². The normalized spacial score (nSPS) is 10.6. The zero-order valence-corrected chi connectivity index (χ0v) is 10.8. The van der Waals surface area contributed by atoms with E-state index in [1.807, 2.05) is 19.1 Å². The van der Waals surface area contributed by atoms with Gasteiger partial charge in [0, 0.05) is 0 Å². The molecule has 2 rings (SSSR count). The maximum Gasteiger partial charge on any atom is 0.140 e. The molecule has 0 spiro atoms. The summed E-state index contributed by atoms with van der Waals surface area (Å²) < 4.78 is 2.80. The number of hydrogen-bond donors (Lipinski definition) is 1. The van der Waals surface area contributed by atoms with Crippen LogP contribution in [-0.2, 0) is 0 Å². The molecule has 0 bridgehead atoms. The number of aromatic nitrogens is 2. The van der Waals surface area contributed by atoms with Crippen molar-refractivity contribution in [1.82, 2.24) is 9.78 Å². The van der Waals surface area contributed by atoms with Crippen molar-refractivity contribution < 1.29 is 0 Å². The van der Waals surface area contributed by atoms with Crippen LogP contribution in [0.15, 0.2) is 24.3 Å². The molecule has 2 aromatic rings. The summed E-state index contributed by atoms with van der Waals surface area (Å²) in [5, 5.41) is 4.41. The van der Waals surface area contributed by atoms with Crippen molar-refractivity contribution in [3.63, 3.8) is 0 Å². The maximum atomic E-state index is 5.98. The van der Waals surface area contributed by atoms with E-state index in [4.69, 9.17) is 5.73 Å². The van der Waals surface area contributed by atoms with E-state index in [9.17, 15) is 0 Å². The lowest BCUT2D eigenvalue weighted by atomic mass is 10.2. The lowest BCUT2D eigenvalue weighted by molar-refractivity contribution is 0.871. The monoisotopic (exact) mass is 313 g/mol. The second-order valence-electron chi connectivity index (χ2n) is 3.54. The molecular formula is C11H12IN3. The summed E-state index contributed by atoms with van der Waals surface area (Å²) in [6, 6.07) is 8.14. The Bertz CT molecular complexity index is 503. The van der Waals surface area contributed by atoms with Gasteiger partial charge >= 0.3 is 0 Å². The Hall–Kier alpha value is -1.04. The van der Waals surface area contributed by atoms with Crippen LogP contribution in [0.2, 0.25) is 0 Å². The van der Waals surface area contributed by atoms with Gasteiger partial charge in [-0.15, -0.1) is 0 Å². The van der Waals surface area contributed by atoms with Crippen LogP contribution >= 0.6 is 22.6 Å². The number of rotatable bonds is 1. The van der Waals surface area contributed by atoms with Crippen molar-refractivity contribution in [2.45, 2.75) is 13.8 Å². The maximum absolute atomic E-state index is 5.98. The standard InChI is InChI=1S/C11H12IN3/c1-7-4-3-5-9(6-7)15-11(13)10(12)8(2)14-15/h3-6H,13H2,1-2H3. The van der Waals surface area contributed by atoms with Gasteiger partial charge in [-0.2, -0.15) is 5.10 Å². The molecule has 4 heteroatoms. The molecule has 1 aromatic carbocycles. The third-order valence-corrected chi connectivity index (χ3v) is 3.60. The zero-order chi connectivity index (χ0) is 11.0. The van der Waals surface area contributed by atoms with Crippen LogP contribution in [0.25, 0.3) is 5.69 Å². The molecule has 0 unspecified atom stereocenters. The topological polar surface area (TPSA) is 43.8 Å². The van der Waals surface area contributed by atoms with Crippen LogP contribution in [0.4, 0.5) is 5.82 Å². The molecule has 1 heterocycles. The fourth-order valence-electron chi connectivity index (χ4n) is 1.48. The Morgan fingerprint density at radius 1 is 1.33 bits per heavy atom. The largest absolute Gasteiger partial charge is 0.383 e. The number of benzene rings is 1. The highest BCUT2D eigenvalue weighted by Crippen LogP contribution is 2.22. The summed E-state index contributed by atoms with van der Waals surface area (Å²) in [4.78, 5) is 0. The van der Waals surface area contributed by atoms with Crippen LogP contribution in [0.5, 0.6) is 0 Å². The van der Waals surface area contributed by atoms with Gasteiger partial charge in [-0.25, -0.2) is 4.68 Å². The van der Waals surface area contributed by atoms with E-state index in [0.29, 0.717) is 5.82 Å². The first-order chi connectivity index (χ1) is 7.09. The SMILES string of the molecule is Cc1cccc(-n2nc(C)c(I)c2N)c1. The molecule has 0 saturated heterocycles. The number of halogens is 1. The van der Waals surface area contributed by atoms with E-state index in [2.05, 4.69) is 46.7 Å². The van der Waals surface area contributed by atoms with Crippen molar-refractivity contribution in [2.75, 3.05) is 5.73 Å². The van der Waals surface area contributed by atoms with Gasteiger partial charge in [0.05, 0.1) is 15.0 Å². The summed E-state index contributed by atoms with van der Waals surface area (Å²) in [6.45, 7) is 4.02. The molecule has 0 amide bonds. The quantitative estimate of drug-likeness (QED) is 0.823. The van der Waals surface area contributed by atoms with Gasteiger partial charge in [0.25, 0.3) is 0 Å². The first-order valence-corrected chi connectivity index (χ1v) is 5.75. The minimum Gasteiger partial charge on any atom is -0.383 e. The van der Waals surface area contributed by atoms with Gasteiger partial charge in [-0.1, -0.05) is 12.1 Å². The van der Waals surface area contributed by atoms with E-state index in [1.54, 1.807) is 4.68 Å². The molecule has 2 N–H and O–H groups in total. The van der Waals surface area contributed by atoms with Gasteiger partial charge in [0.15, 0.2) is 0 Å². The van der Waals surface area contributed by atoms with Crippen LogP contribution < -0.4 is 5.73 Å². The molecule has 0 aliphatic rings. The van der Waals surface area contributed by atoms with Crippen molar-refractivity contribution in [3.05, 3.63) is 39.1 Å². The summed E-state index contributed by atoms with van der Waals surface area (Å²) in [6.07, 6.45) is 0. The highest BCUT2D eigenvalue weighted by Gasteiger charge is 2.10. The fraction of sp³-hybridized carbons (Fsp3) is 0.182. The Morgan fingerprint density at radius 2 is 2.07 bits per heavy atom. The van der Waals surface area contributed by atoms with Crippen molar-refractivity contribution >= 4 is 28.4 Å². The molecule has 0 atom stereocenters. The van der Waals surface area contributed by atoms with Gasteiger partial charge in [0.2, 0.25) is 0 Å². The molecular weight excluding hydrogens is 301 g/mol. The number of anilines is 1. The Kier molecular flexibility index (Phi) is 2.68. The minimum atomic E-state index is 0.707. The molecule has 0 aliphatic heterocycles. The van der Waals surface area contributed by atoms with E-state index in [1.165, 1.54) is 5.56 Å². The Balaban J connectivity index is 2.59. The molecule has 1 aromatic heterocycles. The molecule has 0 radical (unpaired) electrons. The molecule has 0 saturated carbocycles. The molecule has 0 fully saturated rings. The first-order valence-electron chi connectivity index (χ1n) is 4.67. The van der Waals surface area contributed by atoms with E-state index in [0.717, 1.165) is 15.0 Å².